The first kappa shape index (κ1) is 14.0. The lowest BCUT2D eigenvalue weighted by Gasteiger charge is -2.22. The topological polar surface area (TPSA) is 93.3 Å². The molecule has 1 saturated heterocycles. The number of aryl methyl sites for hydroxylation is 1. The predicted octanol–water partition coefficient (Wildman–Crippen LogP) is 0.883. The van der Waals surface area contributed by atoms with Gasteiger partial charge in [-0.05, 0) is 13.3 Å². The van der Waals surface area contributed by atoms with Crippen LogP contribution < -0.4 is 11.1 Å². The number of nitrogens with zero attached hydrogens (tertiary/aromatic N) is 2. The first-order chi connectivity index (χ1) is 9.04. The summed E-state index contributed by atoms with van der Waals surface area (Å²) in [5, 5.41) is 13.4. The van der Waals surface area contributed by atoms with E-state index in [1.165, 1.54) is 0 Å². The number of hydrogen-bond acceptors (Lipinski definition) is 6. The third-order valence-corrected chi connectivity index (χ3v) is 3.37. The number of nitrogens with one attached hydrogen (secondary N) is 1. The van der Waals surface area contributed by atoms with Gasteiger partial charge < -0.3 is 20.9 Å². The quantitative estimate of drug-likeness (QED) is 0.732. The molecule has 1 fully saturated rings. The Hall–Kier alpha value is -1.40. The maximum Gasteiger partial charge on any atom is 0.134 e. The van der Waals surface area contributed by atoms with Crippen molar-refractivity contribution in [1.29, 1.82) is 0 Å². The van der Waals surface area contributed by atoms with E-state index in [1.807, 2.05) is 6.92 Å². The molecule has 0 bridgehead atoms. The fourth-order valence-corrected chi connectivity index (χ4v) is 2.07. The molecule has 0 spiro atoms. The van der Waals surface area contributed by atoms with E-state index in [0.717, 1.165) is 24.2 Å². The maximum atomic E-state index is 10.2. The van der Waals surface area contributed by atoms with E-state index in [4.69, 9.17) is 10.5 Å². The van der Waals surface area contributed by atoms with Gasteiger partial charge in [0.25, 0.3) is 0 Å². The molecule has 2 rings (SSSR count). The van der Waals surface area contributed by atoms with Gasteiger partial charge in [-0.2, -0.15) is 0 Å². The second-order valence-corrected chi connectivity index (χ2v) is 5.13. The minimum atomic E-state index is -0.808. The molecular weight excluding hydrogens is 244 g/mol. The van der Waals surface area contributed by atoms with E-state index < -0.39 is 5.60 Å². The Labute approximate surface area is 113 Å². The molecular formula is C13H22N4O2. The van der Waals surface area contributed by atoms with Gasteiger partial charge in [-0.15, -0.1) is 0 Å². The van der Waals surface area contributed by atoms with Crippen molar-refractivity contribution in [3.8, 4) is 0 Å². The van der Waals surface area contributed by atoms with Gasteiger partial charge in [0.05, 0.1) is 6.61 Å². The van der Waals surface area contributed by atoms with Crippen LogP contribution in [0.2, 0.25) is 0 Å². The minimum Gasteiger partial charge on any atom is -0.386 e. The molecule has 1 atom stereocenters. The molecule has 0 aliphatic carbocycles. The summed E-state index contributed by atoms with van der Waals surface area (Å²) in [6, 6.07) is 0. The fraction of sp³-hybridized carbons (Fsp3) is 0.692. The third kappa shape index (κ3) is 3.33. The van der Waals surface area contributed by atoms with E-state index >= 15 is 0 Å². The van der Waals surface area contributed by atoms with Crippen molar-refractivity contribution >= 4 is 11.6 Å². The molecule has 0 aromatic carbocycles. The van der Waals surface area contributed by atoms with Crippen LogP contribution in [0, 0.1) is 6.92 Å². The van der Waals surface area contributed by atoms with E-state index in [0.29, 0.717) is 37.8 Å². The van der Waals surface area contributed by atoms with Gasteiger partial charge >= 0.3 is 0 Å². The summed E-state index contributed by atoms with van der Waals surface area (Å²) in [5.41, 5.74) is 5.90. The zero-order valence-corrected chi connectivity index (χ0v) is 11.6. The Morgan fingerprint density at radius 1 is 1.47 bits per heavy atom. The van der Waals surface area contributed by atoms with Crippen LogP contribution >= 0.6 is 0 Å². The van der Waals surface area contributed by atoms with E-state index in [2.05, 4.69) is 22.2 Å². The molecule has 1 aromatic rings. The highest BCUT2D eigenvalue weighted by molar-refractivity contribution is 5.54. The van der Waals surface area contributed by atoms with Crippen molar-refractivity contribution in [3.63, 3.8) is 0 Å². The van der Waals surface area contributed by atoms with Crippen molar-refractivity contribution in [2.75, 3.05) is 30.8 Å². The molecule has 1 unspecified atom stereocenters. The van der Waals surface area contributed by atoms with Crippen LogP contribution in [0.5, 0.6) is 0 Å². The number of aliphatic hydroxyl groups is 1. The van der Waals surface area contributed by atoms with Crippen molar-refractivity contribution in [2.45, 2.75) is 38.7 Å². The lowest BCUT2D eigenvalue weighted by atomic mass is 10.0. The zero-order chi connectivity index (χ0) is 13.9. The van der Waals surface area contributed by atoms with Gasteiger partial charge in [0.1, 0.15) is 23.1 Å². The minimum absolute atomic E-state index is 0.363. The SMILES string of the molecule is CCCc1nc(N)c(C)c(NCC2(O)CCOC2)n1. The standard InChI is InChI=1S/C13H22N4O2/c1-3-4-10-16-11(14)9(2)12(17-10)15-7-13(18)5-6-19-8-13/h18H,3-8H2,1-2H3,(H3,14,15,16,17). The molecule has 106 valence electrons. The molecule has 6 heteroatoms. The van der Waals surface area contributed by atoms with Crippen molar-refractivity contribution in [1.82, 2.24) is 9.97 Å². The lowest BCUT2D eigenvalue weighted by Crippen LogP contribution is -2.37. The van der Waals surface area contributed by atoms with Gasteiger partial charge in [-0.3, -0.25) is 0 Å². The molecule has 1 aliphatic heterocycles. The highest BCUT2D eigenvalue weighted by Gasteiger charge is 2.32. The molecule has 0 amide bonds. The average molecular weight is 266 g/mol. The van der Waals surface area contributed by atoms with Gasteiger partial charge in [-0.25, -0.2) is 9.97 Å². The molecule has 0 saturated carbocycles. The van der Waals surface area contributed by atoms with E-state index in [-0.39, 0.29) is 0 Å². The number of ether oxygens (including phenoxy) is 1. The average Bonchev–Trinajstić information content (AvgIpc) is 2.80. The molecule has 2 heterocycles. The van der Waals surface area contributed by atoms with Crippen LogP contribution in [0.1, 0.15) is 31.2 Å². The monoisotopic (exact) mass is 266 g/mol. The first-order valence-corrected chi connectivity index (χ1v) is 6.71. The second kappa shape index (κ2) is 5.71. The van der Waals surface area contributed by atoms with Gasteiger partial charge in [0.2, 0.25) is 0 Å². The first-order valence-electron chi connectivity index (χ1n) is 6.71. The van der Waals surface area contributed by atoms with Crippen LogP contribution in [0.25, 0.3) is 0 Å². The zero-order valence-electron chi connectivity index (χ0n) is 11.6. The number of nitrogens with two attached hydrogens (primary N) is 1. The largest absolute Gasteiger partial charge is 0.386 e. The van der Waals surface area contributed by atoms with Crippen LogP contribution in [0.4, 0.5) is 11.6 Å². The van der Waals surface area contributed by atoms with E-state index in [1.54, 1.807) is 0 Å². The lowest BCUT2D eigenvalue weighted by molar-refractivity contribution is 0.0381. The Balaban J connectivity index is 2.10. The smallest absolute Gasteiger partial charge is 0.134 e. The van der Waals surface area contributed by atoms with Crippen molar-refractivity contribution in [2.24, 2.45) is 0 Å². The molecule has 4 N–H and O–H groups in total. The highest BCUT2D eigenvalue weighted by Crippen LogP contribution is 2.22. The summed E-state index contributed by atoms with van der Waals surface area (Å²) in [4.78, 5) is 8.72. The summed E-state index contributed by atoms with van der Waals surface area (Å²) in [6.07, 6.45) is 2.41. The third-order valence-electron chi connectivity index (χ3n) is 3.37. The number of rotatable bonds is 5. The van der Waals surface area contributed by atoms with Crippen molar-refractivity contribution in [3.05, 3.63) is 11.4 Å². The number of hydrogen-bond donors (Lipinski definition) is 3. The van der Waals surface area contributed by atoms with Crippen molar-refractivity contribution < 1.29 is 9.84 Å². The number of nitrogen functional groups attached to an aromatic ring is 1. The molecule has 1 aromatic heterocycles. The fourth-order valence-electron chi connectivity index (χ4n) is 2.07. The summed E-state index contributed by atoms with van der Waals surface area (Å²) in [7, 11) is 0. The highest BCUT2D eigenvalue weighted by atomic mass is 16.5. The van der Waals surface area contributed by atoms with E-state index in [9.17, 15) is 5.11 Å². The van der Waals surface area contributed by atoms with Gasteiger partial charge in [-0.1, -0.05) is 6.92 Å². The van der Waals surface area contributed by atoms with Crippen LogP contribution in [-0.4, -0.2) is 40.4 Å². The van der Waals surface area contributed by atoms with Gasteiger partial charge in [0.15, 0.2) is 0 Å². The molecule has 1 aliphatic rings. The number of anilines is 2. The van der Waals surface area contributed by atoms with Crippen LogP contribution in [0.15, 0.2) is 0 Å². The predicted molar refractivity (Wildman–Crippen MR) is 74.1 cm³/mol. The summed E-state index contributed by atoms with van der Waals surface area (Å²) < 4.78 is 5.22. The van der Waals surface area contributed by atoms with Crippen LogP contribution in [0.3, 0.4) is 0 Å². The summed E-state index contributed by atoms with van der Waals surface area (Å²) in [5.74, 6) is 1.94. The molecule has 19 heavy (non-hydrogen) atoms. The maximum absolute atomic E-state index is 10.2. The normalized spacial score (nSPS) is 22.7. The number of aromatic nitrogens is 2. The molecule has 6 nitrogen and oxygen atoms in total. The Morgan fingerprint density at radius 3 is 2.89 bits per heavy atom. The second-order valence-electron chi connectivity index (χ2n) is 5.13. The summed E-state index contributed by atoms with van der Waals surface area (Å²) in [6.45, 7) is 5.33. The molecule has 0 radical (unpaired) electrons. The Kier molecular flexibility index (Phi) is 4.21. The Bertz CT molecular complexity index is 445. The van der Waals surface area contributed by atoms with Gasteiger partial charge in [0, 0.05) is 31.6 Å². The van der Waals surface area contributed by atoms with Crippen LogP contribution in [-0.2, 0) is 11.2 Å². The summed E-state index contributed by atoms with van der Waals surface area (Å²) >= 11 is 0. The Morgan fingerprint density at radius 2 is 2.26 bits per heavy atom.